The summed E-state index contributed by atoms with van der Waals surface area (Å²) in [6.07, 6.45) is 3.80. The summed E-state index contributed by atoms with van der Waals surface area (Å²) >= 11 is 0. The Morgan fingerprint density at radius 1 is 1.47 bits per heavy atom. The topological polar surface area (TPSA) is 64.1 Å². The largest absolute Gasteiger partial charge is 0.469 e. The Morgan fingerprint density at radius 3 is 3.00 bits per heavy atom. The van der Waals surface area contributed by atoms with Crippen LogP contribution in [0.4, 0.5) is 0 Å². The predicted molar refractivity (Wildman–Crippen MR) is 61.3 cm³/mol. The highest BCUT2D eigenvalue weighted by Gasteiger charge is 2.35. The lowest BCUT2D eigenvalue weighted by molar-refractivity contribution is 0.275. The molecule has 0 aliphatic carbocycles. The molecule has 0 saturated carbocycles. The number of nitrogens with one attached hydrogen (secondary N) is 1. The van der Waals surface area contributed by atoms with Gasteiger partial charge in [-0.05, 0) is 39.3 Å². The summed E-state index contributed by atoms with van der Waals surface area (Å²) in [4.78, 5) is 4.47. The zero-order chi connectivity index (χ0) is 11.9. The van der Waals surface area contributed by atoms with E-state index in [0.29, 0.717) is 11.7 Å². The van der Waals surface area contributed by atoms with Gasteiger partial charge in [-0.25, -0.2) is 0 Å². The Labute approximate surface area is 99.2 Å². The van der Waals surface area contributed by atoms with Gasteiger partial charge in [-0.2, -0.15) is 4.98 Å². The average molecular weight is 233 g/mol. The second-order valence-corrected chi connectivity index (χ2v) is 4.68. The average Bonchev–Trinajstić information content (AvgIpc) is 2.97. The SMILES string of the molecule is Cc1occc1-c1noc(C2(C)CCCN2)n1. The first-order valence-electron chi connectivity index (χ1n) is 5.83. The van der Waals surface area contributed by atoms with E-state index in [0.717, 1.165) is 30.7 Å². The lowest BCUT2D eigenvalue weighted by Crippen LogP contribution is -2.33. The number of aryl methyl sites for hydroxylation is 1. The molecule has 1 atom stereocenters. The van der Waals surface area contributed by atoms with Crippen LogP contribution in [-0.4, -0.2) is 16.7 Å². The second kappa shape index (κ2) is 3.70. The summed E-state index contributed by atoms with van der Waals surface area (Å²) in [5.41, 5.74) is 0.713. The van der Waals surface area contributed by atoms with Crippen molar-refractivity contribution in [2.75, 3.05) is 6.54 Å². The Morgan fingerprint density at radius 2 is 2.35 bits per heavy atom. The summed E-state index contributed by atoms with van der Waals surface area (Å²) in [6, 6.07) is 1.86. The van der Waals surface area contributed by atoms with Gasteiger partial charge in [0.25, 0.3) is 0 Å². The van der Waals surface area contributed by atoms with Crippen LogP contribution in [0.3, 0.4) is 0 Å². The quantitative estimate of drug-likeness (QED) is 0.861. The van der Waals surface area contributed by atoms with E-state index < -0.39 is 0 Å². The van der Waals surface area contributed by atoms with Crippen molar-refractivity contribution in [1.29, 1.82) is 0 Å². The van der Waals surface area contributed by atoms with Crippen LogP contribution >= 0.6 is 0 Å². The molecule has 1 aliphatic rings. The third-order valence-electron chi connectivity index (χ3n) is 3.37. The number of hydrogen-bond acceptors (Lipinski definition) is 5. The Kier molecular flexibility index (Phi) is 2.29. The smallest absolute Gasteiger partial charge is 0.246 e. The van der Waals surface area contributed by atoms with E-state index in [1.54, 1.807) is 6.26 Å². The molecule has 1 N–H and O–H groups in total. The monoisotopic (exact) mass is 233 g/mol. The number of aromatic nitrogens is 2. The standard InChI is InChI=1S/C12H15N3O2/c1-8-9(4-7-16-8)10-14-11(17-15-10)12(2)5-3-6-13-12/h4,7,13H,3,5-6H2,1-2H3. The molecule has 0 amide bonds. The highest BCUT2D eigenvalue weighted by atomic mass is 16.5. The fourth-order valence-corrected chi connectivity index (χ4v) is 2.25. The predicted octanol–water partition coefficient (Wildman–Crippen LogP) is 2.24. The van der Waals surface area contributed by atoms with Crippen molar-refractivity contribution in [2.24, 2.45) is 0 Å². The zero-order valence-corrected chi connectivity index (χ0v) is 9.99. The Hall–Kier alpha value is -1.62. The molecule has 1 fully saturated rings. The lowest BCUT2D eigenvalue weighted by Gasteiger charge is -2.18. The molecule has 5 heteroatoms. The molecule has 2 aromatic rings. The zero-order valence-electron chi connectivity index (χ0n) is 9.99. The summed E-state index contributed by atoms with van der Waals surface area (Å²) in [5.74, 6) is 2.06. The Bertz CT molecular complexity index is 523. The van der Waals surface area contributed by atoms with Crippen LogP contribution in [0.15, 0.2) is 21.3 Å². The van der Waals surface area contributed by atoms with Crippen molar-refractivity contribution in [3.05, 3.63) is 24.0 Å². The van der Waals surface area contributed by atoms with E-state index >= 15 is 0 Å². The van der Waals surface area contributed by atoms with Crippen LogP contribution in [0.2, 0.25) is 0 Å². The number of hydrogen-bond donors (Lipinski definition) is 1. The maximum absolute atomic E-state index is 5.37. The molecule has 3 rings (SSSR count). The van der Waals surface area contributed by atoms with Crippen LogP contribution in [0.1, 0.15) is 31.4 Å². The fraction of sp³-hybridized carbons (Fsp3) is 0.500. The fourth-order valence-electron chi connectivity index (χ4n) is 2.25. The summed E-state index contributed by atoms with van der Waals surface area (Å²) in [5, 5.41) is 7.43. The summed E-state index contributed by atoms with van der Waals surface area (Å²) in [6.45, 7) is 4.99. The molecule has 0 spiro atoms. The molecule has 3 heterocycles. The number of nitrogens with zero attached hydrogens (tertiary/aromatic N) is 2. The highest BCUT2D eigenvalue weighted by molar-refractivity contribution is 5.56. The van der Waals surface area contributed by atoms with E-state index in [2.05, 4.69) is 22.4 Å². The van der Waals surface area contributed by atoms with Gasteiger partial charge in [0.05, 0.1) is 17.4 Å². The van der Waals surface area contributed by atoms with Gasteiger partial charge in [-0.3, -0.25) is 0 Å². The molecule has 0 bridgehead atoms. The van der Waals surface area contributed by atoms with Gasteiger partial charge in [-0.1, -0.05) is 5.16 Å². The summed E-state index contributed by atoms with van der Waals surface area (Å²) < 4.78 is 10.6. The van der Waals surface area contributed by atoms with Gasteiger partial charge in [0.15, 0.2) is 0 Å². The summed E-state index contributed by atoms with van der Waals surface area (Å²) in [7, 11) is 0. The molecule has 1 unspecified atom stereocenters. The van der Waals surface area contributed by atoms with Crippen LogP contribution in [0, 0.1) is 6.92 Å². The van der Waals surface area contributed by atoms with Gasteiger partial charge in [0.2, 0.25) is 11.7 Å². The maximum atomic E-state index is 5.37. The van der Waals surface area contributed by atoms with Gasteiger partial charge in [-0.15, -0.1) is 0 Å². The molecular weight excluding hydrogens is 218 g/mol. The molecule has 0 radical (unpaired) electrons. The van der Waals surface area contributed by atoms with Crippen LogP contribution < -0.4 is 5.32 Å². The van der Waals surface area contributed by atoms with Gasteiger partial charge < -0.3 is 14.3 Å². The molecule has 90 valence electrons. The van der Waals surface area contributed by atoms with Gasteiger partial charge in [0, 0.05) is 0 Å². The van der Waals surface area contributed by atoms with Crippen LogP contribution in [0.5, 0.6) is 0 Å². The maximum Gasteiger partial charge on any atom is 0.246 e. The highest BCUT2D eigenvalue weighted by Crippen LogP contribution is 2.31. The van der Waals surface area contributed by atoms with Crippen molar-refractivity contribution in [2.45, 2.75) is 32.2 Å². The van der Waals surface area contributed by atoms with E-state index in [1.807, 2.05) is 13.0 Å². The number of furan rings is 1. The van der Waals surface area contributed by atoms with Crippen molar-refractivity contribution >= 4 is 0 Å². The number of rotatable bonds is 2. The van der Waals surface area contributed by atoms with Crippen LogP contribution in [-0.2, 0) is 5.54 Å². The van der Waals surface area contributed by atoms with Crippen LogP contribution in [0.25, 0.3) is 11.4 Å². The van der Waals surface area contributed by atoms with Crippen molar-refractivity contribution in [3.63, 3.8) is 0 Å². The third-order valence-corrected chi connectivity index (χ3v) is 3.37. The van der Waals surface area contributed by atoms with Gasteiger partial charge in [0.1, 0.15) is 5.76 Å². The minimum absolute atomic E-state index is 0.178. The van der Waals surface area contributed by atoms with Crippen molar-refractivity contribution in [1.82, 2.24) is 15.5 Å². The normalized spacial score (nSPS) is 24.4. The first-order valence-corrected chi connectivity index (χ1v) is 5.83. The lowest BCUT2D eigenvalue weighted by atomic mass is 10.0. The van der Waals surface area contributed by atoms with E-state index in [1.165, 1.54) is 0 Å². The molecular formula is C12H15N3O2. The minimum Gasteiger partial charge on any atom is -0.469 e. The Balaban J connectivity index is 1.96. The van der Waals surface area contributed by atoms with E-state index in [4.69, 9.17) is 8.94 Å². The van der Waals surface area contributed by atoms with Crippen molar-refractivity contribution < 1.29 is 8.94 Å². The minimum atomic E-state index is -0.178. The molecule has 0 aromatic carbocycles. The molecule has 2 aromatic heterocycles. The second-order valence-electron chi connectivity index (χ2n) is 4.68. The first-order chi connectivity index (χ1) is 8.19. The van der Waals surface area contributed by atoms with Crippen molar-refractivity contribution in [3.8, 4) is 11.4 Å². The molecule has 1 aliphatic heterocycles. The first kappa shape index (κ1) is 10.5. The molecule has 5 nitrogen and oxygen atoms in total. The van der Waals surface area contributed by atoms with E-state index in [9.17, 15) is 0 Å². The van der Waals surface area contributed by atoms with Gasteiger partial charge >= 0.3 is 0 Å². The molecule has 1 saturated heterocycles. The van der Waals surface area contributed by atoms with E-state index in [-0.39, 0.29) is 5.54 Å². The molecule has 17 heavy (non-hydrogen) atoms. The third kappa shape index (κ3) is 1.67.